The zero-order chi connectivity index (χ0) is 15.5. The first-order chi connectivity index (χ1) is 9.89. The Morgan fingerprint density at radius 3 is 2.81 bits per heavy atom. The minimum Gasteiger partial charge on any atom is -0.464 e. The molecule has 1 fully saturated rings. The number of likely N-dealkylation sites (tertiary alicyclic amines) is 1. The van der Waals surface area contributed by atoms with Crippen molar-refractivity contribution in [3.63, 3.8) is 0 Å². The van der Waals surface area contributed by atoms with Gasteiger partial charge in [-0.3, -0.25) is 4.90 Å². The van der Waals surface area contributed by atoms with E-state index in [0.29, 0.717) is 12.3 Å². The molecule has 1 aliphatic rings. The molecule has 1 saturated heterocycles. The van der Waals surface area contributed by atoms with Gasteiger partial charge in [0.1, 0.15) is 11.5 Å². The van der Waals surface area contributed by atoms with Crippen LogP contribution in [0, 0.1) is 5.92 Å². The Kier molecular flexibility index (Phi) is 5.46. The van der Waals surface area contributed by atoms with Crippen molar-refractivity contribution in [1.82, 2.24) is 4.90 Å². The number of rotatable bonds is 6. The average molecular weight is 314 g/mol. The van der Waals surface area contributed by atoms with Crippen molar-refractivity contribution in [3.8, 4) is 0 Å². The lowest BCUT2D eigenvalue weighted by molar-refractivity contribution is 0.101. The second kappa shape index (κ2) is 6.94. The molecule has 6 heteroatoms. The summed E-state index contributed by atoms with van der Waals surface area (Å²) >= 11 is 0. The van der Waals surface area contributed by atoms with E-state index in [1.165, 1.54) is 0 Å². The van der Waals surface area contributed by atoms with E-state index in [1.807, 2.05) is 6.07 Å². The zero-order valence-corrected chi connectivity index (χ0v) is 13.7. The maximum absolute atomic E-state index is 11.1. The van der Waals surface area contributed by atoms with Crippen LogP contribution >= 0.6 is 0 Å². The molecule has 0 aliphatic carbocycles. The van der Waals surface area contributed by atoms with Gasteiger partial charge in [-0.15, -0.1) is 0 Å². The first-order valence-corrected chi connectivity index (χ1v) is 9.43. The third kappa shape index (κ3) is 4.83. The number of piperidine rings is 1. The molecule has 1 aromatic heterocycles. The van der Waals surface area contributed by atoms with Crippen LogP contribution in [0.15, 0.2) is 16.5 Å². The van der Waals surface area contributed by atoms with Crippen LogP contribution in [0.4, 0.5) is 0 Å². The number of primary sulfonamides is 1. The van der Waals surface area contributed by atoms with Crippen LogP contribution < -0.4 is 5.14 Å². The fourth-order valence-corrected chi connectivity index (χ4v) is 3.52. The first kappa shape index (κ1) is 16.5. The van der Waals surface area contributed by atoms with Crippen molar-refractivity contribution in [3.05, 3.63) is 23.7 Å². The number of hydrogen-bond donors (Lipinski definition) is 1. The number of furan rings is 1. The molecule has 0 aromatic carbocycles. The predicted octanol–water partition coefficient (Wildman–Crippen LogP) is 2.29. The second-order valence-corrected chi connectivity index (χ2v) is 7.79. The molecular weight excluding hydrogens is 288 g/mol. The Morgan fingerprint density at radius 1 is 1.43 bits per heavy atom. The highest BCUT2D eigenvalue weighted by atomic mass is 32.2. The van der Waals surface area contributed by atoms with Crippen molar-refractivity contribution in [2.45, 2.75) is 45.6 Å². The second-order valence-electron chi connectivity index (χ2n) is 6.06. The van der Waals surface area contributed by atoms with Crippen molar-refractivity contribution < 1.29 is 12.8 Å². The van der Waals surface area contributed by atoms with Gasteiger partial charge in [0, 0.05) is 6.42 Å². The number of nitrogens with zero attached hydrogens (tertiary/aromatic N) is 1. The Hall–Kier alpha value is -0.850. The van der Waals surface area contributed by atoms with Crippen molar-refractivity contribution in [2.24, 2.45) is 11.1 Å². The summed E-state index contributed by atoms with van der Waals surface area (Å²) in [6.45, 7) is 6.07. The van der Waals surface area contributed by atoms with Crippen LogP contribution in [-0.4, -0.2) is 32.2 Å². The summed E-state index contributed by atoms with van der Waals surface area (Å²) in [5.41, 5.74) is 0. The minimum atomic E-state index is -3.37. The third-order valence-electron chi connectivity index (χ3n) is 4.21. The van der Waals surface area contributed by atoms with Gasteiger partial charge in [-0.2, -0.15) is 0 Å². The van der Waals surface area contributed by atoms with E-state index < -0.39 is 10.0 Å². The zero-order valence-electron chi connectivity index (χ0n) is 12.9. The fraction of sp³-hybridized carbons (Fsp3) is 0.733. The molecule has 21 heavy (non-hydrogen) atoms. The van der Waals surface area contributed by atoms with Gasteiger partial charge in [0.25, 0.3) is 0 Å². The molecular formula is C15H26N2O3S. The van der Waals surface area contributed by atoms with Crippen LogP contribution in [-0.2, 0) is 16.4 Å². The van der Waals surface area contributed by atoms with Gasteiger partial charge in [0.15, 0.2) is 0 Å². The molecule has 120 valence electrons. The summed E-state index contributed by atoms with van der Waals surface area (Å²) in [7, 11) is -3.37. The van der Waals surface area contributed by atoms with E-state index in [9.17, 15) is 8.42 Å². The van der Waals surface area contributed by atoms with E-state index in [1.54, 1.807) is 0 Å². The van der Waals surface area contributed by atoms with E-state index in [2.05, 4.69) is 24.8 Å². The molecule has 1 aliphatic heterocycles. The molecule has 0 spiro atoms. The lowest BCUT2D eigenvalue weighted by Crippen LogP contribution is -2.37. The van der Waals surface area contributed by atoms with Gasteiger partial charge in [0.05, 0.1) is 11.8 Å². The Morgan fingerprint density at radius 2 is 2.19 bits per heavy atom. The quantitative estimate of drug-likeness (QED) is 0.874. The normalized spacial score (nSPS) is 24.3. The van der Waals surface area contributed by atoms with E-state index >= 15 is 0 Å². The Bertz CT molecular complexity index is 553. The van der Waals surface area contributed by atoms with E-state index in [-0.39, 0.29) is 11.8 Å². The van der Waals surface area contributed by atoms with E-state index in [4.69, 9.17) is 9.56 Å². The minimum absolute atomic E-state index is 0.0458. The van der Waals surface area contributed by atoms with Gasteiger partial charge < -0.3 is 4.42 Å². The molecule has 1 aromatic rings. The summed E-state index contributed by atoms with van der Waals surface area (Å²) in [6.07, 6.45) is 3.68. The molecule has 2 atom stereocenters. The summed E-state index contributed by atoms with van der Waals surface area (Å²) in [4.78, 5) is 2.34. The van der Waals surface area contributed by atoms with Crippen LogP contribution in [0.3, 0.4) is 0 Å². The van der Waals surface area contributed by atoms with Crippen LogP contribution in [0.5, 0.6) is 0 Å². The molecule has 0 unspecified atom stereocenters. The molecule has 0 bridgehead atoms. The molecule has 0 saturated carbocycles. The lowest BCUT2D eigenvalue weighted by atomic mass is 9.91. The fourth-order valence-electron chi connectivity index (χ4n) is 2.99. The highest BCUT2D eigenvalue weighted by Crippen LogP contribution is 2.34. The average Bonchev–Trinajstić information content (AvgIpc) is 2.87. The molecule has 0 amide bonds. The largest absolute Gasteiger partial charge is 0.464 e. The number of hydrogen-bond acceptors (Lipinski definition) is 4. The van der Waals surface area contributed by atoms with Crippen LogP contribution in [0.25, 0.3) is 0 Å². The third-order valence-corrected chi connectivity index (χ3v) is 5.07. The highest BCUT2D eigenvalue weighted by molar-refractivity contribution is 7.89. The smallest absolute Gasteiger partial charge is 0.209 e. The molecule has 2 rings (SSSR count). The van der Waals surface area contributed by atoms with Gasteiger partial charge in [-0.05, 0) is 50.4 Å². The Labute approximate surface area is 127 Å². The van der Waals surface area contributed by atoms with Gasteiger partial charge in [0.2, 0.25) is 10.0 Å². The van der Waals surface area contributed by atoms with Crippen LogP contribution in [0.2, 0.25) is 0 Å². The maximum Gasteiger partial charge on any atom is 0.209 e. The predicted molar refractivity (Wildman–Crippen MR) is 83.4 cm³/mol. The van der Waals surface area contributed by atoms with Crippen LogP contribution in [0.1, 0.15) is 50.7 Å². The number of aryl methyl sites for hydroxylation is 1. The summed E-state index contributed by atoms with van der Waals surface area (Å²) < 4.78 is 28.0. The van der Waals surface area contributed by atoms with Gasteiger partial charge >= 0.3 is 0 Å². The van der Waals surface area contributed by atoms with Crippen molar-refractivity contribution in [1.29, 1.82) is 0 Å². The van der Waals surface area contributed by atoms with Crippen molar-refractivity contribution in [2.75, 3.05) is 18.8 Å². The maximum atomic E-state index is 11.1. The lowest BCUT2D eigenvalue weighted by Gasteiger charge is -2.37. The monoisotopic (exact) mass is 314 g/mol. The van der Waals surface area contributed by atoms with Gasteiger partial charge in [-0.1, -0.05) is 13.8 Å². The highest BCUT2D eigenvalue weighted by Gasteiger charge is 2.29. The molecule has 2 N–H and O–H groups in total. The summed E-state index contributed by atoms with van der Waals surface area (Å²) in [5, 5.41) is 5.08. The molecule has 2 heterocycles. The first-order valence-electron chi connectivity index (χ1n) is 7.72. The SMILES string of the molecule is CCc1ccc([C@@H]2C[C@@H](C)CCN2CCCS(N)(=O)=O)o1. The van der Waals surface area contributed by atoms with E-state index in [0.717, 1.165) is 43.9 Å². The van der Waals surface area contributed by atoms with Crippen molar-refractivity contribution >= 4 is 10.0 Å². The molecule has 5 nitrogen and oxygen atoms in total. The summed E-state index contributed by atoms with van der Waals surface area (Å²) in [6, 6.07) is 4.36. The van der Waals surface area contributed by atoms with Gasteiger partial charge in [-0.25, -0.2) is 13.6 Å². The topological polar surface area (TPSA) is 76.5 Å². The standard InChI is InChI=1S/C15H26N2O3S/c1-3-13-5-6-15(20-13)14-11-12(2)7-9-17(14)8-4-10-21(16,18)19/h5-6,12,14H,3-4,7-11H2,1-2H3,(H2,16,18,19)/t12-,14-/m0/s1. The molecule has 0 radical (unpaired) electrons. The number of sulfonamides is 1. The Balaban J connectivity index is 2.02. The summed E-state index contributed by atoms with van der Waals surface area (Å²) in [5.74, 6) is 2.73. The number of nitrogens with two attached hydrogens (primary N) is 1.